The van der Waals surface area contributed by atoms with E-state index in [-0.39, 0.29) is 15.9 Å². The third-order valence-electron chi connectivity index (χ3n) is 3.00. The highest BCUT2D eigenvalue weighted by Gasteiger charge is 2.24. The number of aromatic nitrogens is 1. The van der Waals surface area contributed by atoms with Gasteiger partial charge in [-0.1, -0.05) is 53.5 Å². The zero-order chi connectivity index (χ0) is 15.6. The molecule has 2 aromatic rings. The SMILES string of the molecule is Cn1c(C(=O)N[C@@H](C(=O)O)c2ccccc2)cc(Cl)c1Cl. The molecule has 110 valence electrons. The van der Waals surface area contributed by atoms with Crippen molar-refractivity contribution in [3.8, 4) is 0 Å². The van der Waals surface area contributed by atoms with Crippen LogP contribution in [-0.4, -0.2) is 21.6 Å². The number of aliphatic carboxylic acids is 1. The van der Waals surface area contributed by atoms with E-state index in [1.54, 1.807) is 37.4 Å². The lowest BCUT2D eigenvalue weighted by molar-refractivity contribution is -0.139. The van der Waals surface area contributed by atoms with Crippen molar-refractivity contribution in [2.45, 2.75) is 6.04 Å². The molecular formula is C14H12Cl2N2O3. The predicted molar refractivity (Wildman–Crippen MR) is 79.7 cm³/mol. The van der Waals surface area contributed by atoms with Crippen molar-refractivity contribution in [3.05, 3.63) is 57.8 Å². The third-order valence-corrected chi connectivity index (χ3v) is 3.85. The van der Waals surface area contributed by atoms with Crippen LogP contribution in [0, 0.1) is 0 Å². The molecule has 0 spiro atoms. The Morgan fingerprint density at radius 1 is 1.24 bits per heavy atom. The van der Waals surface area contributed by atoms with Crippen molar-refractivity contribution in [3.63, 3.8) is 0 Å². The van der Waals surface area contributed by atoms with Crippen LogP contribution in [-0.2, 0) is 11.8 Å². The number of halogens is 2. The molecule has 0 aliphatic carbocycles. The van der Waals surface area contributed by atoms with Gasteiger partial charge in [-0.15, -0.1) is 0 Å². The number of hydrogen-bond acceptors (Lipinski definition) is 2. The minimum absolute atomic E-state index is 0.187. The molecule has 0 radical (unpaired) electrons. The monoisotopic (exact) mass is 326 g/mol. The van der Waals surface area contributed by atoms with Crippen molar-refractivity contribution in [1.82, 2.24) is 9.88 Å². The lowest BCUT2D eigenvalue weighted by Crippen LogP contribution is -2.34. The molecular weight excluding hydrogens is 315 g/mol. The molecule has 0 unspecified atom stereocenters. The Morgan fingerprint density at radius 3 is 2.33 bits per heavy atom. The quantitative estimate of drug-likeness (QED) is 0.907. The van der Waals surface area contributed by atoms with E-state index in [9.17, 15) is 14.7 Å². The highest BCUT2D eigenvalue weighted by atomic mass is 35.5. The van der Waals surface area contributed by atoms with E-state index in [0.717, 1.165) is 0 Å². The number of carboxylic acid groups (broad SMARTS) is 1. The fourth-order valence-corrected chi connectivity index (χ4v) is 2.27. The maximum absolute atomic E-state index is 12.2. The summed E-state index contributed by atoms with van der Waals surface area (Å²) in [6.07, 6.45) is 0. The maximum atomic E-state index is 12.2. The average Bonchev–Trinajstić information content (AvgIpc) is 2.73. The minimum Gasteiger partial charge on any atom is -0.479 e. The Balaban J connectivity index is 2.27. The van der Waals surface area contributed by atoms with Gasteiger partial charge in [-0.3, -0.25) is 4.79 Å². The van der Waals surface area contributed by atoms with Crippen molar-refractivity contribution in [1.29, 1.82) is 0 Å². The molecule has 7 heteroatoms. The summed E-state index contributed by atoms with van der Waals surface area (Å²) in [5, 5.41) is 12.2. The summed E-state index contributed by atoms with van der Waals surface area (Å²) in [6, 6.07) is 8.67. The normalized spacial score (nSPS) is 12.0. The smallest absolute Gasteiger partial charge is 0.330 e. The topological polar surface area (TPSA) is 71.3 Å². The summed E-state index contributed by atoms with van der Waals surface area (Å²) in [5.74, 6) is -1.72. The number of nitrogens with one attached hydrogen (secondary N) is 1. The van der Waals surface area contributed by atoms with Crippen LogP contribution in [0.15, 0.2) is 36.4 Å². The summed E-state index contributed by atoms with van der Waals surface area (Å²) >= 11 is 11.7. The third kappa shape index (κ3) is 3.20. The molecule has 0 aliphatic rings. The lowest BCUT2D eigenvalue weighted by atomic mass is 10.1. The van der Waals surface area contributed by atoms with Gasteiger partial charge in [0.25, 0.3) is 5.91 Å². The molecule has 1 aromatic carbocycles. The van der Waals surface area contributed by atoms with E-state index >= 15 is 0 Å². The molecule has 1 amide bonds. The van der Waals surface area contributed by atoms with E-state index < -0.39 is 17.9 Å². The van der Waals surface area contributed by atoms with Crippen LogP contribution in [0.25, 0.3) is 0 Å². The summed E-state index contributed by atoms with van der Waals surface area (Å²) in [4.78, 5) is 23.6. The van der Waals surface area contributed by atoms with Crippen LogP contribution in [0.2, 0.25) is 10.2 Å². The van der Waals surface area contributed by atoms with Crippen LogP contribution in [0.3, 0.4) is 0 Å². The molecule has 0 bridgehead atoms. The number of carboxylic acids is 1. The Bertz CT molecular complexity index is 683. The van der Waals surface area contributed by atoms with Gasteiger partial charge >= 0.3 is 5.97 Å². The molecule has 2 rings (SSSR count). The standard InChI is InChI=1S/C14H12Cl2N2O3/c1-18-10(7-9(15)12(18)16)13(19)17-11(14(20)21)8-5-3-2-4-6-8/h2-7,11H,1H3,(H,17,19)(H,20,21)/t11-/m1/s1. The summed E-state index contributed by atoms with van der Waals surface area (Å²) in [6.45, 7) is 0. The van der Waals surface area contributed by atoms with Gasteiger partial charge in [0.2, 0.25) is 0 Å². The Labute approximate surface area is 131 Å². The number of nitrogens with zero attached hydrogens (tertiary/aromatic N) is 1. The molecule has 21 heavy (non-hydrogen) atoms. The fraction of sp³-hybridized carbons (Fsp3) is 0.143. The van der Waals surface area contributed by atoms with E-state index in [4.69, 9.17) is 23.2 Å². The molecule has 0 saturated heterocycles. The highest BCUT2D eigenvalue weighted by Crippen LogP contribution is 2.25. The van der Waals surface area contributed by atoms with E-state index in [0.29, 0.717) is 5.56 Å². The van der Waals surface area contributed by atoms with Gasteiger partial charge in [-0.2, -0.15) is 0 Å². The first kappa shape index (κ1) is 15.4. The predicted octanol–water partition coefficient (Wildman–Crippen LogP) is 2.89. The number of hydrogen-bond donors (Lipinski definition) is 2. The van der Waals surface area contributed by atoms with Crippen LogP contribution in [0.4, 0.5) is 0 Å². The number of rotatable bonds is 4. The van der Waals surface area contributed by atoms with E-state index in [2.05, 4.69) is 5.32 Å². The first-order chi connectivity index (χ1) is 9.91. The van der Waals surface area contributed by atoms with Crippen LogP contribution < -0.4 is 5.32 Å². The van der Waals surface area contributed by atoms with Crippen molar-refractivity contribution in [2.75, 3.05) is 0 Å². The van der Waals surface area contributed by atoms with Gasteiger partial charge in [-0.25, -0.2) is 4.79 Å². The zero-order valence-electron chi connectivity index (χ0n) is 11.0. The molecule has 0 saturated carbocycles. The van der Waals surface area contributed by atoms with Crippen molar-refractivity contribution >= 4 is 35.1 Å². The molecule has 2 N–H and O–H groups in total. The Hall–Kier alpha value is -1.98. The van der Waals surface area contributed by atoms with Crippen molar-refractivity contribution < 1.29 is 14.7 Å². The highest BCUT2D eigenvalue weighted by molar-refractivity contribution is 6.41. The van der Waals surface area contributed by atoms with Gasteiger partial charge in [0.1, 0.15) is 10.8 Å². The van der Waals surface area contributed by atoms with Crippen molar-refractivity contribution in [2.24, 2.45) is 7.05 Å². The van der Waals surface area contributed by atoms with Gasteiger partial charge in [0.05, 0.1) is 5.02 Å². The first-order valence-electron chi connectivity index (χ1n) is 6.01. The zero-order valence-corrected chi connectivity index (χ0v) is 12.5. The van der Waals surface area contributed by atoms with Gasteiger partial charge in [0, 0.05) is 7.05 Å². The second-order valence-corrected chi connectivity index (χ2v) is 5.15. The number of amides is 1. The summed E-state index contributed by atoms with van der Waals surface area (Å²) in [5.41, 5.74) is 0.664. The Morgan fingerprint density at radius 2 is 1.86 bits per heavy atom. The Kier molecular flexibility index (Phi) is 4.55. The molecule has 1 aromatic heterocycles. The van der Waals surface area contributed by atoms with E-state index in [1.165, 1.54) is 10.6 Å². The maximum Gasteiger partial charge on any atom is 0.330 e. The number of benzene rings is 1. The molecule has 0 aliphatic heterocycles. The van der Waals surface area contributed by atoms with Crippen LogP contribution >= 0.6 is 23.2 Å². The molecule has 1 atom stereocenters. The average molecular weight is 327 g/mol. The summed E-state index contributed by atoms with van der Waals surface area (Å²) < 4.78 is 1.39. The molecule has 5 nitrogen and oxygen atoms in total. The fourth-order valence-electron chi connectivity index (χ4n) is 1.90. The van der Waals surface area contributed by atoms with Crippen LogP contribution in [0.1, 0.15) is 22.1 Å². The lowest BCUT2D eigenvalue weighted by Gasteiger charge is -2.15. The van der Waals surface area contributed by atoms with Gasteiger partial charge < -0.3 is 15.0 Å². The van der Waals surface area contributed by atoms with Gasteiger partial charge in [0.15, 0.2) is 6.04 Å². The minimum atomic E-state index is -1.15. The largest absolute Gasteiger partial charge is 0.479 e. The second-order valence-electron chi connectivity index (χ2n) is 4.38. The number of carbonyl (C=O) groups excluding carboxylic acids is 1. The summed E-state index contributed by atoms with van der Waals surface area (Å²) in [7, 11) is 1.57. The van der Waals surface area contributed by atoms with Crippen LogP contribution in [0.5, 0.6) is 0 Å². The molecule has 0 fully saturated rings. The van der Waals surface area contributed by atoms with Gasteiger partial charge in [-0.05, 0) is 11.6 Å². The number of carbonyl (C=O) groups is 2. The first-order valence-corrected chi connectivity index (χ1v) is 6.76. The second kappa shape index (κ2) is 6.20. The molecule has 1 heterocycles. The van der Waals surface area contributed by atoms with E-state index in [1.807, 2.05) is 0 Å².